The Bertz CT molecular complexity index is 159. The summed E-state index contributed by atoms with van der Waals surface area (Å²) in [4.78, 5) is 1.91. The molecule has 0 saturated carbocycles. The van der Waals surface area contributed by atoms with Crippen LogP contribution in [0.5, 0.6) is 0 Å². The molecule has 1 rings (SSSR count). The second-order valence-corrected chi connectivity index (χ2v) is 4.36. The molecular formula is C11H22F2N2. The largest absolute Gasteiger partial charge is 0.316 e. The summed E-state index contributed by atoms with van der Waals surface area (Å²) in [6.07, 6.45) is 1.11. The Balaban J connectivity index is 2.28. The number of nitrogens with zero attached hydrogens (tertiary/aromatic N) is 1. The van der Waals surface area contributed by atoms with E-state index in [1.807, 2.05) is 11.8 Å². The van der Waals surface area contributed by atoms with Crippen LogP contribution in [-0.4, -0.2) is 44.0 Å². The first kappa shape index (κ1) is 12.8. The van der Waals surface area contributed by atoms with Crippen LogP contribution in [0.3, 0.4) is 0 Å². The molecule has 0 radical (unpaired) electrons. The van der Waals surface area contributed by atoms with E-state index < -0.39 is 6.43 Å². The van der Waals surface area contributed by atoms with E-state index in [9.17, 15) is 8.78 Å². The predicted octanol–water partition coefficient (Wildman–Crippen LogP) is 1.96. The second kappa shape index (κ2) is 7.12. The molecule has 0 spiro atoms. The predicted molar refractivity (Wildman–Crippen MR) is 58.3 cm³/mol. The molecule has 1 aliphatic heterocycles. The zero-order valence-corrected chi connectivity index (χ0v) is 9.51. The zero-order chi connectivity index (χ0) is 11.1. The number of piperidine rings is 1. The minimum absolute atomic E-state index is 0.0651. The van der Waals surface area contributed by atoms with Gasteiger partial charge < -0.3 is 5.32 Å². The van der Waals surface area contributed by atoms with Gasteiger partial charge in [0.2, 0.25) is 0 Å². The van der Waals surface area contributed by atoms with E-state index in [0.29, 0.717) is 5.92 Å². The van der Waals surface area contributed by atoms with Crippen LogP contribution < -0.4 is 5.32 Å². The fraction of sp³-hybridized carbons (Fsp3) is 1.00. The van der Waals surface area contributed by atoms with Crippen LogP contribution in [-0.2, 0) is 0 Å². The molecular weight excluding hydrogens is 198 g/mol. The van der Waals surface area contributed by atoms with Crippen molar-refractivity contribution in [3.63, 3.8) is 0 Å². The van der Waals surface area contributed by atoms with Crippen molar-refractivity contribution < 1.29 is 8.78 Å². The highest BCUT2D eigenvalue weighted by molar-refractivity contribution is 4.73. The highest BCUT2D eigenvalue weighted by Crippen LogP contribution is 2.12. The fourth-order valence-corrected chi connectivity index (χ4v) is 2.21. The molecule has 1 N–H and O–H groups in total. The van der Waals surface area contributed by atoms with Gasteiger partial charge in [-0.1, -0.05) is 6.92 Å². The van der Waals surface area contributed by atoms with Gasteiger partial charge in [-0.15, -0.1) is 0 Å². The van der Waals surface area contributed by atoms with Crippen LogP contribution in [0.15, 0.2) is 0 Å². The smallest absolute Gasteiger partial charge is 0.251 e. The van der Waals surface area contributed by atoms with Crippen molar-refractivity contribution in [3.8, 4) is 0 Å². The van der Waals surface area contributed by atoms with Crippen LogP contribution in [0.2, 0.25) is 0 Å². The number of hydrogen-bond donors (Lipinski definition) is 1. The van der Waals surface area contributed by atoms with Crippen molar-refractivity contribution in [1.82, 2.24) is 10.2 Å². The van der Waals surface area contributed by atoms with Gasteiger partial charge in [-0.05, 0) is 44.8 Å². The van der Waals surface area contributed by atoms with E-state index in [1.165, 1.54) is 12.8 Å². The maximum Gasteiger partial charge on any atom is 0.251 e. The molecule has 0 aliphatic carbocycles. The van der Waals surface area contributed by atoms with E-state index in [0.717, 1.165) is 32.6 Å². The average Bonchev–Trinajstić information content (AvgIpc) is 2.18. The van der Waals surface area contributed by atoms with Crippen molar-refractivity contribution in [2.24, 2.45) is 5.92 Å². The Hall–Kier alpha value is -0.220. The lowest BCUT2D eigenvalue weighted by Crippen LogP contribution is -2.40. The summed E-state index contributed by atoms with van der Waals surface area (Å²) in [5.74, 6) is 0.559. The van der Waals surface area contributed by atoms with Crippen molar-refractivity contribution in [2.75, 3.05) is 32.7 Å². The standard InChI is InChI=1S/C11H22F2N2/c1-2-6-15(9-11(12)13)8-10-4-3-5-14-7-10/h10-11,14H,2-9H2,1H3. The summed E-state index contributed by atoms with van der Waals surface area (Å²) >= 11 is 0. The van der Waals surface area contributed by atoms with Crippen molar-refractivity contribution >= 4 is 0 Å². The lowest BCUT2D eigenvalue weighted by atomic mass is 9.99. The van der Waals surface area contributed by atoms with Crippen LogP contribution in [0, 0.1) is 5.92 Å². The summed E-state index contributed by atoms with van der Waals surface area (Å²) in [5, 5.41) is 3.32. The Morgan fingerprint density at radius 3 is 2.80 bits per heavy atom. The molecule has 1 unspecified atom stereocenters. The molecule has 1 aliphatic rings. The van der Waals surface area contributed by atoms with E-state index in [4.69, 9.17) is 0 Å². The van der Waals surface area contributed by atoms with Crippen molar-refractivity contribution in [2.45, 2.75) is 32.6 Å². The first-order valence-corrected chi connectivity index (χ1v) is 5.93. The molecule has 90 valence electrons. The van der Waals surface area contributed by atoms with E-state index >= 15 is 0 Å². The van der Waals surface area contributed by atoms with Gasteiger partial charge in [-0.25, -0.2) is 8.78 Å². The van der Waals surface area contributed by atoms with Gasteiger partial charge in [0.25, 0.3) is 6.43 Å². The average molecular weight is 220 g/mol. The molecule has 15 heavy (non-hydrogen) atoms. The lowest BCUT2D eigenvalue weighted by molar-refractivity contribution is 0.0772. The third-order valence-corrected chi connectivity index (χ3v) is 2.85. The zero-order valence-electron chi connectivity index (χ0n) is 9.51. The quantitative estimate of drug-likeness (QED) is 0.736. The molecule has 4 heteroatoms. The van der Waals surface area contributed by atoms with Gasteiger partial charge in [0.1, 0.15) is 0 Å². The monoisotopic (exact) mass is 220 g/mol. The van der Waals surface area contributed by atoms with Gasteiger partial charge in [0, 0.05) is 6.54 Å². The molecule has 2 nitrogen and oxygen atoms in total. The highest BCUT2D eigenvalue weighted by atomic mass is 19.3. The second-order valence-electron chi connectivity index (χ2n) is 4.36. The van der Waals surface area contributed by atoms with Gasteiger partial charge in [-0.3, -0.25) is 4.90 Å². The summed E-state index contributed by atoms with van der Waals surface area (Å²) in [5.41, 5.74) is 0. The summed E-state index contributed by atoms with van der Waals surface area (Å²) in [6.45, 7) is 5.66. The molecule has 1 fully saturated rings. The van der Waals surface area contributed by atoms with Gasteiger partial charge >= 0.3 is 0 Å². The first-order valence-electron chi connectivity index (χ1n) is 5.93. The third-order valence-electron chi connectivity index (χ3n) is 2.85. The SMILES string of the molecule is CCCN(CC(F)F)CC1CCCNC1. The third kappa shape index (κ3) is 5.42. The topological polar surface area (TPSA) is 15.3 Å². The normalized spacial score (nSPS) is 22.6. The van der Waals surface area contributed by atoms with E-state index in [2.05, 4.69) is 5.32 Å². The molecule has 0 aromatic heterocycles. The van der Waals surface area contributed by atoms with Gasteiger partial charge in [0.15, 0.2) is 0 Å². The van der Waals surface area contributed by atoms with Crippen LogP contribution >= 0.6 is 0 Å². The minimum Gasteiger partial charge on any atom is -0.316 e. The first-order chi connectivity index (χ1) is 7.22. The molecule has 1 atom stereocenters. The number of halogens is 2. The lowest BCUT2D eigenvalue weighted by Gasteiger charge is -2.29. The summed E-state index contributed by atoms with van der Waals surface area (Å²) in [7, 11) is 0. The molecule has 1 heterocycles. The Morgan fingerprint density at radius 1 is 1.47 bits per heavy atom. The van der Waals surface area contributed by atoms with E-state index in [1.54, 1.807) is 0 Å². The molecule has 0 bridgehead atoms. The highest BCUT2D eigenvalue weighted by Gasteiger charge is 2.18. The minimum atomic E-state index is -2.20. The number of hydrogen-bond acceptors (Lipinski definition) is 2. The fourth-order valence-electron chi connectivity index (χ4n) is 2.21. The molecule has 0 aromatic carbocycles. The molecule has 0 amide bonds. The number of alkyl halides is 2. The molecule has 0 aromatic rings. The van der Waals surface area contributed by atoms with Crippen molar-refractivity contribution in [3.05, 3.63) is 0 Å². The maximum atomic E-state index is 12.3. The summed E-state index contributed by atoms with van der Waals surface area (Å²) in [6, 6.07) is 0. The van der Waals surface area contributed by atoms with Crippen LogP contribution in [0.1, 0.15) is 26.2 Å². The molecule has 1 saturated heterocycles. The van der Waals surface area contributed by atoms with Gasteiger partial charge in [-0.2, -0.15) is 0 Å². The Morgan fingerprint density at radius 2 is 2.27 bits per heavy atom. The Kier molecular flexibility index (Phi) is 6.10. The number of rotatable bonds is 6. The van der Waals surface area contributed by atoms with Crippen LogP contribution in [0.4, 0.5) is 8.78 Å². The van der Waals surface area contributed by atoms with Gasteiger partial charge in [0.05, 0.1) is 6.54 Å². The van der Waals surface area contributed by atoms with Crippen LogP contribution in [0.25, 0.3) is 0 Å². The van der Waals surface area contributed by atoms with Crippen molar-refractivity contribution in [1.29, 1.82) is 0 Å². The summed E-state index contributed by atoms with van der Waals surface area (Å²) < 4.78 is 24.6. The maximum absolute atomic E-state index is 12.3. The number of nitrogens with one attached hydrogen (secondary N) is 1. The van der Waals surface area contributed by atoms with E-state index in [-0.39, 0.29) is 6.54 Å². The Labute approximate surface area is 91.0 Å².